The van der Waals surface area contributed by atoms with Crippen molar-refractivity contribution < 1.29 is 13.2 Å². The Morgan fingerprint density at radius 1 is 1.22 bits per heavy atom. The first-order valence-electron chi connectivity index (χ1n) is 5.76. The first-order chi connectivity index (χ1) is 8.34. The summed E-state index contributed by atoms with van der Waals surface area (Å²) >= 11 is 0. The molecule has 1 nitrogen and oxygen atoms in total. The second-order valence-corrected chi connectivity index (χ2v) is 5.95. The predicted octanol–water partition coefficient (Wildman–Crippen LogP) is 3.86. The zero-order valence-electron chi connectivity index (χ0n) is 10.4. The van der Waals surface area contributed by atoms with Crippen LogP contribution >= 0.6 is 10.5 Å². The van der Waals surface area contributed by atoms with E-state index in [2.05, 4.69) is 5.87 Å². The average molecular weight is 277 g/mol. The van der Waals surface area contributed by atoms with Crippen LogP contribution in [0.25, 0.3) is 0 Å². The number of nitrogens with two attached hydrogens (primary N) is 1. The minimum absolute atomic E-state index is 0.269. The van der Waals surface area contributed by atoms with E-state index in [1.165, 1.54) is 0 Å². The molecule has 0 fully saturated rings. The molecule has 0 bridgehead atoms. The summed E-state index contributed by atoms with van der Waals surface area (Å²) in [6, 6.07) is 5.11. The van der Waals surface area contributed by atoms with Crippen molar-refractivity contribution in [2.75, 3.05) is 6.54 Å². The van der Waals surface area contributed by atoms with Gasteiger partial charge in [0.05, 0.1) is 0 Å². The Morgan fingerprint density at radius 2 is 1.89 bits per heavy atom. The summed E-state index contributed by atoms with van der Waals surface area (Å²) in [4.78, 5) is 0.269. The molecule has 5 heteroatoms. The van der Waals surface area contributed by atoms with Gasteiger partial charge in [-0.3, -0.25) is 0 Å². The van der Waals surface area contributed by atoms with Crippen LogP contribution in [0.1, 0.15) is 24.0 Å². The summed E-state index contributed by atoms with van der Waals surface area (Å²) in [5, 5.41) is 0. The molecule has 0 aromatic heterocycles. The number of halogens is 3. The molecule has 2 N–H and O–H groups in total. The zero-order valence-corrected chi connectivity index (χ0v) is 11.2. The van der Waals surface area contributed by atoms with Gasteiger partial charge in [-0.25, -0.2) is 0 Å². The van der Waals surface area contributed by atoms with Gasteiger partial charge in [0.25, 0.3) is 0 Å². The number of alkyl halides is 3. The van der Waals surface area contributed by atoms with Crippen LogP contribution in [-0.2, 0) is 6.42 Å². The van der Waals surface area contributed by atoms with Crippen molar-refractivity contribution in [3.05, 3.63) is 29.3 Å². The van der Waals surface area contributed by atoms with Crippen LogP contribution in [0.15, 0.2) is 23.1 Å². The number of hydrogen-bond acceptors (Lipinski definition) is 1. The quantitative estimate of drug-likeness (QED) is 0.642. The molecule has 0 aliphatic heterocycles. The van der Waals surface area contributed by atoms with Crippen LogP contribution in [0.2, 0.25) is 0 Å². The smallest absolute Gasteiger partial charge is 0.330 e. The maximum atomic E-state index is 12.6. The van der Waals surface area contributed by atoms with E-state index in [-0.39, 0.29) is 4.90 Å². The Labute approximate surface area is 108 Å². The molecule has 1 aromatic carbocycles. The van der Waals surface area contributed by atoms with E-state index in [0.29, 0.717) is 6.54 Å². The maximum absolute atomic E-state index is 12.6. The highest BCUT2D eigenvalue weighted by Crippen LogP contribution is 2.42. The van der Waals surface area contributed by atoms with Crippen LogP contribution in [-0.4, -0.2) is 17.9 Å². The summed E-state index contributed by atoms with van der Waals surface area (Å²) in [6.45, 7) is 2.42. The van der Waals surface area contributed by atoms with Gasteiger partial charge < -0.3 is 5.73 Å². The van der Waals surface area contributed by atoms with Crippen LogP contribution in [0.4, 0.5) is 13.2 Å². The Hall–Kier alpha value is -0.810. The molecule has 0 amide bonds. The van der Waals surface area contributed by atoms with Crippen molar-refractivity contribution in [2.45, 2.75) is 36.6 Å². The Kier molecular flexibility index (Phi) is 5.41. The third kappa shape index (κ3) is 4.46. The van der Waals surface area contributed by atoms with Gasteiger partial charge >= 0.3 is 5.51 Å². The van der Waals surface area contributed by atoms with E-state index in [1.54, 1.807) is 12.1 Å². The van der Waals surface area contributed by atoms with Crippen molar-refractivity contribution in [2.24, 2.45) is 5.73 Å². The molecular weight excluding hydrogens is 259 g/mol. The van der Waals surface area contributed by atoms with E-state index < -0.39 is 16.0 Å². The summed E-state index contributed by atoms with van der Waals surface area (Å²) in [7, 11) is -1.95. The minimum Gasteiger partial charge on any atom is -0.330 e. The van der Waals surface area contributed by atoms with Crippen molar-refractivity contribution in [3.8, 4) is 0 Å². The first-order valence-corrected chi connectivity index (χ1v) is 7.15. The summed E-state index contributed by atoms with van der Waals surface area (Å²) < 4.78 is 37.9. The second kappa shape index (κ2) is 6.38. The number of hydrogen-bond donors (Lipinski definition) is 1. The standard InChI is InChI=1S/C13H18F3NS/c1-10-7-11(5-3-4-6-17)9-12(8-10)18(2)13(14,15)16/h7-9H,2-6,17H2,1H3. The van der Waals surface area contributed by atoms with Gasteiger partial charge in [0.2, 0.25) is 0 Å². The third-order valence-electron chi connectivity index (χ3n) is 2.59. The van der Waals surface area contributed by atoms with Gasteiger partial charge in [-0.2, -0.15) is 13.2 Å². The monoisotopic (exact) mass is 277 g/mol. The van der Waals surface area contributed by atoms with Crippen molar-refractivity contribution >= 4 is 16.4 Å². The fourth-order valence-corrected chi connectivity index (χ4v) is 2.61. The molecule has 1 atom stereocenters. The molecular formula is C13H18F3NS. The van der Waals surface area contributed by atoms with E-state index in [9.17, 15) is 13.2 Å². The van der Waals surface area contributed by atoms with Crippen molar-refractivity contribution in [3.63, 3.8) is 0 Å². The lowest BCUT2D eigenvalue weighted by molar-refractivity contribution is -0.0334. The highest BCUT2D eigenvalue weighted by atomic mass is 32.2. The maximum Gasteiger partial charge on any atom is 0.440 e. The van der Waals surface area contributed by atoms with E-state index >= 15 is 0 Å². The normalized spacial score (nSPS) is 13.6. The van der Waals surface area contributed by atoms with Crippen LogP contribution in [0, 0.1) is 6.92 Å². The molecule has 0 aliphatic carbocycles. The van der Waals surface area contributed by atoms with Crippen LogP contribution < -0.4 is 5.73 Å². The highest BCUT2D eigenvalue weighted by molar-refractivity contribution is 8.14. The minimum atomic E-state index is -4.26. The Balaban J connectivity index is 2.90. The van der Waals surface area contributed by atoms with Crippen molar-refractivity contribution in [1.82, 2.24) is 0 Å². The Bertz CT molecular complexity index is 427. The topological polar surface area (TPSA) is 26.0 Å². The molecule has 1 aromatic rings. The lowest BCUT2D eigenvalue weighted by Crippen LogP contribution is -2.04. The predicted molar refractivity (Wildman–Crippen MR) is 72.2 cm³/mol. The fourth-order valence-electron chi connectivity index (χ4n) is 1.72. The fraction of sp³-hybridized carbons (Fsp3) is 0.462. The molecule has 0 aliphatic rings. The van der Waals surface area contributed by atoms with Gasteiger partial charge in [-0.05, 0) is 56.0 Å². The molecule has 0 spiro atoms. The largest absolute Gasteiger partial charge is 0.440 e. The van der Waals surface area contributed by atoms with E-state index in [0.717, 1.165) is 30.4 Å². The Morgan fingerprint density at radius 3 is 2.44 bits per heavy atom. The lowest BCUT2D eigenvalue weighted by atomic mass is 10.1. The number of rotatable bonds is 5. The van der Waals surface area contributed by atoms with Crippen molar-refractivity contribution in [1.29, 1.82) is 0 Å². The molecule has 0 saturated carbocycles. The van der Waals surface area contributed by atoms with Gasteiger partial charge in [0.1, 0.15) is 0 Å². The molecule has 18 heavy (non-hydrogen) atoms. The SMILES string of the molecule is C=S(c1cc(C)cc(CCCCN)c1)C(F)(F)F. The molecule has 1 rings (SSSR count). The number of aryl methyl sites for hydroxylation is 2. The summed E-state index contributed by atoms with van der Waals surface area (Å²) in [5.74, 6) is 3.24. The van der Waals surface area contributed by atoms with E-state index in [1.807, 2.05) is 13.0 Å². The third-order valence-corrected chi connectivity index (χ3v) is 3.96. The van der Waals surface area contributed by atoms with Crippen LogP contribution in [0.5, 0.6) is 0 Å². The van der Waals surface area contributed by atoms with Gasteiger partial charge in [0, 0.05) is 4.90 Å². The highest BCUT2D eigenvalue weighted by Gasteiger charge is 2.32. The van der Waals surface area contributed by atoms with E-state index in [4.69, 9.17) is 5.73 Å². The number of unbranched alkanes of at least 4 members (excludes halogenated alkanes) is 1. The number of benzene rings is 1. The first kappa shape index (κ1) is 15.2. The summed E-state index contributed by atoms with van der Waals surface area (Å²) in [6.07, 6.45) is 2.55. The second-order valence-electron chi connectivity index (χ2n) is 4.24. The van der Waals surface area contributed by atoms with Gasteiger partial charge in [-0.1, -0.05) is 22.4 Å². The van der Waals surface area contributed by atoms with Gasteiger partial charge in [-0.15, -0.1) is 0 Å². The molecule has 0 radical (unpaired) electrons. The molecule has 102 valence electrons. The molecule has 1 unspecified atom stereocenters. The zero-order chi connectivity index (χ0) is 13.8. The van der Waals surface area contributed by atoms with Gasteiger partial charge in [0.15, 0.2) is 0 Å². The lowest BCUT2D eigenvalue weighted by Gasteiger charge is -2.14. The van der Waals surface area contributed by atoms with Crippen LogP contribution in [0.3, 0.4) is 0 Å². The summed E-state index contributed by atoms with van der Waals surface area (Å²) in [5.41, 5.74) is 2.92. The average Bonchev–Trinajstić information content (AvgIpc) is 2.26. The molecule has 0 saturated heterocycles. The molecule has 0 heterocycles.